The van der Waals surface area contributed by atoms with E-state index in [0.29, 0.717) is 13.1 Å². The largest absolute Gasteiger partial charge is 0.465 e. The summed E-state index contributed by atoms with van der Waals surface area (Å²) in [4.78, 5) is 25.5. The first-order chi connectivity index (χ1) is 11.6. The zero-order valence-corrected chi connectivity index (χ0v) is 15.3. The molecule has 138 valence electrons. The van der Waals surface area contributed by atoms with Crippen molar-refractivity contribution >= 4 is 12.0 Å². The number of halogens is 1. The summed E-state index contributed by atoms with van der Waals surface area (Å²) in [6, 6.07) is 5.81. The van der Waals surface area contributed by atoms with E-state index < -0.39 is 12.1 Å². The van der Waals surface area contributed by atoms with Gasteiger partial charge in [0, 0.05) is 13.1 Å². The van der Waals surface area contributed by atoms with Crippen LogP contribution in [0.25, 0.3) is 0 Å². The number of benzene rings is 1. The zero-order chi connectivity index (χ0) is 18.8. The Labute approximate surface area is 148 Å². The molecule has 1 saturated heterocycles. The molecule has 0 aliphatic carbocycles. The third kappa shape index (κ3) is 4.50. The van der Waals surface area contributed by atoms with Gasteiger partial charge in [0.1, 0.15) is 11.9 Å². The Morgan fingerprint density at radius 3 is 2.36 bits per heavy atom. The molecule has 2 N–H and O–H groups in total. The fourth-order valence-electron chi connectivity index (χ4n) is 3.70. The van der Waals surface area contributed by atoms with Gasteiger partial charge < -0.3 is 15.3 Å². The molecule has 1 aliphatic rings. The average Bonchev–Trinajstić information content (AvgIpc) is 2.51. The summed E-state index contributed by atoms with van der Waals surface area (Å²) in [6.45, 7) is 8.95. The second-order valence-electron chi connectivity index (χ2n) is 7.81. The topological polar surface area (TPSA) is 69.6 Å². The first kappa shape index (κ1) is 19.2. The molecule has 0 spiro atoms. The van der Waals surface area contributed by atoms with Crippen molar-refractivity contribution in [2.24, 2.45) is 11.3 Å². The summed E-state index contributed by atoms with van der Waals surface area (Å²) in [7, 11) is 0. The number of carbonyl (C=O) groups is 2. The minimum absolute atomic E-state index is 0.124. The van der Waals surface area contributed by atoms with Crippen LogP contribution in [0.3, 0.4) is 0 Å². The maximum Gasteiger partial charge on any atom is 0.405 e. The van der Waals surface area contributed by atoms with E-state index in [1.165, 1.54) is 12.1 Å². The molecule has 1 aromatic rings. The Bertz CT molecular complexity index is 628. The number of likely N-dealkylation sites (tertiary alicyclic amines) is 1. The molecular formula is C19H27FN2O3. The number of carboxylic acid groups (broad SMARTS) is 1. The van der Waals surface area contributed by atoms with Crippen molar-refractivity contribution in [1.29, 1.82) is 0 Å². The van der Waals surface area contributed by atoms with Gasteiger partial charge in [-0.05, 0) is 41.4 Å². The van der Waals surface area contributed by atoms with Crippen molar-refractivity contribution in [3.63, 3.8) is 0 Å². The molecule has 2 unspecified atom stereocenters. The minimum atomic E-state index is -1.19. The molecule has 0 aromatic heterocycles. The quantitative estimate of drug-likeness (QED) is 0.874. The Hall–Kier alpha value is -2.11. The highest BCUT2D eigenvalue weighted by molar-refractivity contribution is 5.85. The van der Waals surface area contributed by atoms with Crippen LogP contribution in [0.1, 0.15) is 45.6 Å². The van der Waals surface area contributed by atoms with Gasteiger partial charge in [-0.15, -0.1) is 0 Å². The molecule has 0 radical (unpaired) electrons. The molecular weight excluding hydrogens is 323 g/mol. The number of piperidine rings is 1. The van der Waals surface area contributed by atoms with E-state index in [9.17, 15) is 14.0 Å². The van der Waals surface area contributed by atoms with Crippen molar-refractivity contribution in [3.8, 4) is 0 Å². The Morgan fingerprint density at radius 2 is 1.88 bits per heavy atom. The van der Waals surface area contributed by atoms with E-state index in [-0.39, 0.29) is 29.0 Å². The molecule has 1 fully saturated rings. The predicted octanol–water partition coefficient (Wildman–Crippen LogP) is 3.46. The van der Waals surface area contributed by atoms with E-state index in [2.05, 4.69) is 19.2 Å². The van der Waals surface area contributed by atoms with Crippen molar-refractivity contribution < 1.29 is 19.1 Å². The molecule has 25 heavy (non-hydrogen) atoms. The number of amides is 2. The van der Waals surface area contributed by atoms with Crippen LogP contribution in [-0.2, 0) is 4.79 Å². The van der Waals surface area contributed by atoms with Crippen LogP contribution in [0.5, 0.6) is 0 Å². The zero-order valence-electron chi connectivity index (χ0n) is 15.3. The van der Waals surface area contributed by atoms with Gasteiger partial charge >= 0.3 is 6.09 Å². The van der Waals surface area contributed by atoms with Gasteiger partial charge in [0.15, 0.2) is 0 Å². The van der Waals surface area contributed by atoms with Gasteiger partial charge in [0.25, 0.3) is 0 Å². The smallest absolute Gasteiger partial charge is 0.405 e. The maximum absolute atomic E-state index is 13.2. The lowest BCUT2D eigenvalue weighted by Gasteiger charge is -2.45. The summed E-state index contributed by atoms with van der Waals surface area (Å²) >= 11 is 0. The van der Waals surface area contributed by atoms with Crippen LogP contribution < -0.4 is 5.32 Å². The molecule has 1 aliphatic heterocycles. The van der Waals surface area contributed by atoms with Gasteiger partial charge in [-0.1, -0.05) is 39.8 Å². The fraction of sp³-hybridized carbons (Fsp3) is 0.579. The summed E-state index contributed by atoms with van der Waals surface area (Å²) in [6.07, 6.45) is -0.421. The normalized spacial score (nSPS) is 21.0. The highest BCUT2D eigenvalue weighted by Gasteiger charge is 2.40. The molecule has 5 nitrogen and oxygen atoms in total. The van der Waals surface area contributed by atoms with E-state index in [1.54, 1.807) is 4.90 Å². The molecule has 6 heteroatoms. The van der Waals surface area contributed by atoms with E-state index >= 15 is 0 Å². The molecule has 2 rings (SSSR count). The Balaban J connectivity index is 2.14. The minimum Gasteiger partial charge on any atom is -0.465 e. The van der Waals surface area contributed by atoms with E-state index in [1.807, 2.05) is 26.0 Å². The van der Waals surface area contributed by atoms with Crippen molar-refractivity contribution in [2.45, 2.75) is 46.1 Å². The first-order valence-electron chi connectivity index (χ1n) is 8.65. The van der Waals surface area contributed by atoms with Crippen LogP contribution in [0, 0.1) is 17.2 Å². The molecule has 1 aromatic carbocycles. The number of rotatable bonds is 4. The highest BCUT2D eigenvalue weighted by atomic mass is 19.1. The fourth-order valence-corrected chi connectivity index (χ4v) is 3.70. The highest BCUT2D eigenvalue weighted by Crippen LogP contribution is 2.42. The van der Waals surface area contributed by atoms with Gasteiger partial charge in [-0.3, -0.25) is 4.79 Å². The van der Waals surface area contributed by atoms with Gasteiger partial charge in [-0.2, -0.15) is 0 Å². The van der Waals surface area contributed by atoms with Gasteiger partial charge in [0.2, 0.25) is 5.91 Å². The van der Waals surface area contributed by atoms with Crippen molar-refractivity contribution in [1.82, 2.24) is 10.2 Å². The lowest BCUT2D eigenvalue weighted by molar-refractivity contribution is -0.138. The van der Waals surface area contributed by atoms with Crippen molar-refractivity contribution in [2.75, 3.05) is 13.1 Å². The summed E-state index contributed by atoms with van der Waals surface area (Å²) < 4.78 is 13.2. The molecule has 0 saturated carbocycles. The van der Waals surface area contributed by atoms with Gasteiger partial charge in [0.05, 0.1) is 0 Å². The summed E-state index contributed by atoms with van der Waals surface area (Å²) in [5, 5.41) is 11.3. The molecule has 2 amide bonds. The van der Waals surface area contributed by atoms with Crippen LogP contribution >= 0.6 is 0 Å². The van der Waals surface area contributed by atoms with Crippen LogP contribution in [-0.4, -0.2) is 41.1 Å². The number of hydrogen-bond donors (Lipinski definition) is 2. The van der Waals surface area contributed by atoms with Crippen LogP contribution in [0.15, 0.2) is 24.3 Å². The second-order valence-corrected chi connectivity index (χ2v) is 7.81. The third-order valence-electron chi connectivity index (χ3n) is 5.03. The molecule has 2 atom stereocenters. The van der Waals surface area contributed by atoms with Crippen molar-refractivity contribution in [3.05, 3.63) is 35.6 Å². The molecule has 1 heterocycles. The summed E-state index contributed by atoms with van der Waals surface area (Å²) in [5.41, 5.74) is 0.888. The lowest BCUT2D eigenvalue weighted by Crippen LogP contribution is -2.55. The first-order valence-corrected chi connectivity index (χ1v) is 8.65. The van der Waals surface area contributed by atoms with Crippen LogP contribution in [0.2, 0.25) is 0 Å². The maximum atomic E-state index is 13.2. The third-order valence-corrected chi connectivity index (χ3v) is 5.03. The summed E-state index contributed by atoms with van der Waals surface area (Å²) in [5.74, 6) is -0.333. The standard InChI is InChI=1S/C19H27FN2O3/c1-12(2)16(21-18(24)25)17(23)22-10-9-15(19(3,4)11-22)13-5-7-14(20)8-6-13/h5-8,12,15-16,21H,9-11H2,1-4H3,(H,24,25). The second kappa shape index (κ2) is 7.42. The number of hydrogen-bond acceptors (Lipinski definition) is 2. The molecule has 0 bridgehead atoms. The Kier molecular flexibility index (Phi) is 5.70. The Morgan fingerprint density at radius 1 is 1.28 bits per heavy atom. The number of nitrogens with one attached hydrogen (secondary N) is 1. The van der Waals surface area contributed by atoms with Gasteiger partial charge in [-0.25, -0.2) is 9.18 Å². The predicted molar refractivity (Wildman–Crippen MR) is 93.9 cm³/mol. The number of carbonyl (C=O) groups excluding carboxylic acids is 1. The van der Waals surface area contributed by atoms with E-state index in [0.717, 1.165) is 12.0 Å². The average molecular weight is 350 g/mol. The number of nitrogens with zero attached hydrogens (tertiary/aromatic N) is 1. The van der Waals surface area contributed by atoms with Crippen LogP contribution in [0.4, 0.5) is 9.18 Å². The lowest BCUT2D eigenvalue weighted by atomic mass is 9.70. The van der Waals surface area contributed by atoms with E-state index in [4.69, 9.17) is 5.11 Å². The monoisotopic (exact) mass is 350 g/mol. The SMILES string of the molecule is CC(C)C(NC(=O)O)C(=O)N1CCC(c2ccc(F)cc2)C(C)(C)C1.